The first-order valence-corrected chi connectivity index (χ1v) is 6.79. The van der Waals surface area contributed by atoms with Gasteiger partial charge < -0.3 is 5.73 Å². The molecule has 0 aliphatic rings. The largest absolute Gasteiger partial charge is 0.399 e. The molecule has 2 N–H and O–H groups in total. The molecule has 0 atom stereocenters. The Bertz CT molecular complexity index is 687. The van der Waals surface area contributed by atoms with Gasteiger partial charge in [0.15, 0.2) is 0 Å². The fraction of sp³-hybridized carbons (Fsp3) is 0.0667. The van der Waals surface area contributed by atoms with E-state index in [1.807, 2.05) is 49.5 Å². The van der Waals surface area contributed by atoms with E-state index in [2.05, 4.69) is 9.97 Å². The summed E-state index contributed by atoms with van der Waals surface area (Å²) in [4.78, 5) is 9.94. The number of thiazole rings is 1. The highest BCUT2D eigenvalue weighted by atomic mass is 32.1. The van der Waals surface area contributed by atoms with Gasteiger partial charge in [0, 0.05) is 23.6 Å². The molecule has 0 aliphatic heterocycles. The van der Waals surface area contributed by atoms with Crippen LogP contribution in [0, 0.1) is 6.92 Å². The molecule has 3 aromatic rings. The predicted octanol–water partition coefficient (Wildman–Crippen LogP) is 3.76. The fourth-order valence-corrected chi connectivity index (χ4v) is 2.97. The van der Waals surface area contributed by atoms with Gasteiger partial charge in [-0.15, -0.1) is 11.3 Å². The average Bonchev–Trinajstić information content (AvgIpc) is 2.83. The van der Waals surface area contributed by atoms with Crippen molar-refractivity contribution >= 4 is 17.0 Å². The summed E-state index contributed by atoms with van der Waals surface area (Å²) in [5.41, 5.74) is 9.74. The number of hydrogen-bond donors (Lipinski definition) is 1. The van der Waals surface area contributed by atoms with Crippen molar-refractivity contribution < 1.29 is 0 Å². The molecule has 94 valence electrons. The van der Waals surface area contributed by atoms with Crippen molar-refractivity contribution in [3.05, 3.63) is 54.5 Å². The summed E-state index contributed by atoms with van der Waals surface area (Å²) < 4.78 is 0. The van der Waals surface area contributed by atoms with Crippen LogP contribution in [0.4, 0.5) is 5.69 Å². The lowest BCUT2D eigenvalue weighted by atomic mass is 10.1. The van der Waals surface area contributed by atoms with E-state index in [1.54, 1.807) is 17.5 Å². The van der Waals surface area contributed by atoms with Crippen LogP contribution in [0.2, 0.25) is 0 Å². The first kappa shape index (κ1) is 11.9. The third kappa shape index (κ3) is 2.35. The molecule has 0 spiro atoms. The van der Waals surface area contributed by atoms with E-state index in [0.29, 0.717) is 0 Å². The van der Waals surface area contributed by atoms with Gasteiger partial charge in [-0.2, -0.15) is 0 Å². The predicted molar refractivity (Wildman–Crippen MR) is 79.9 cm³/mol. The first-order chi connectivity index (χ1) is 9.24. The van der Waals surface area contributed by atoms with Crippen LogP contribution in [-0.4, -0.2) is 9.97 Å². The van der Waals surface area contributed by atoms with Crippen LogP contribution in [0.3, 0.4) is 0 Å². The average molecular weight is 267 g/mol. The molecule has 2 heterocycles. The van der Waals surface area contributed by atoms with E-state index in [0.717, 1.165) is 27.5 Å². The van der Waals surface area contributed by atoms with Gasteiger partial charge in [-0.1, -0.05) is 12.1 Å². The minimum atomic E-state index is 0.776. The maximum Gasteiger partial charge on any atom is 0.125 e. The zero-order valence-corrected chi connectivity index (χ0v) is 11.3. The van der Waals surface area contributed by atoms with Crippen molar-refractivity contribution in [2.45, 2.75) is 6.92 Å². The standard InChI is InChI=1S/C15H13N3S/c1-10-14(11-4-6-13(16)7-5-11)19-15(18-10)12-3-2-8-17-9-12/h2-9H,16H2,1H3. The van der Waals surface area contributed by atoms with Gasteiger partial charge in [-0.25, -0.2) is 4.98 Å². The third-order valence-electron chi connectivity index (χ3n) is 2.88. The zero-order valence-electron chi connectivity index (χ0n) is 10.5. The molecule has 19 heavy (non-hydrogen) atoms. The topological polar surface area (TPSA) is 51.8 Å². The Morgan fingerprint density at radius 3 is 2.53 bits per heavy atom. The Hall–Kier alpha value is -2.20. The molecule has 0 bridgehead atoms. The second kappa shape index (κ2) is 4.82. The van der Waals surface area contributed by atoms with Gasteiger partial charge in [0.05, 0.1) is 10.6 Å². The minimum absolute atomic E-state index is 0.776. The van der Waals surface area contributed by atoms with E-state index in [9.17, 15) is 0 Å². The van der Waals surface area contributed by atoms with Gasteiger partial charge in [-0.05, 0) is 36.8 Å². The van der Waals surface area contributed by atoms with Crippen LogP contribution < -0.4 is 5.73 Å². The third-order valence-corrected chi connectivity index (χ3v) is 4.13. The number of hydrogen-bond acceptors (Lipinski definition) is 4. The van der Waals surface area contributed by atoms with E-state index in [1.165, 1.54) is 4.88 Å². The lowest BCUT2D eigenvalue weighted by Gasteiger charge is -1.98. The van der Waals surface area contributed by atoms with E-state index in [4.69, 9.17) is 5.73 Å². The van der Waals surface area contributed by atoms with Crippen LogP contribution in [0.1, 0.15) is 5.69 Å². The quantitative estimate of drug-likeness (QED) is 0.719. The molecule has 3 nitrogen and oxygen atoms in total. The van der Waals surface area contributed by atoms with Crippen molar-refractivity contribution in [1.29, 1.82) is 0 Å². The first-order valence-electron chi connectivity index (χ1n) is 5.98. The molecular weight excluding hydrogens is 254 g/mol. The SMILES string of the molecule is Cc1nc(-c2cccnc2)sc1-c1ccc(N)cc1. The number of nitrogens with two attached hydrogens (primary N) is 1. The van der Waals surface area contributed by atoms with Crippen molar-refractivity contribution in [1.82, 2.24) is 9.97 Å². The van der Waals surface area contributed by atoms with Crippen molar-refractivity contribution in [3.63, 3.8) is 0 Å². The fourth-order valence-electron chi connectivity index (χ4n) is 1.91. The second-order valence-electron chi connectivity index (χ2n) is 4.30. The number of benzene rings is 1. The smallest absolute Gasteiger partial charge is 0.125 e. The monoisotopic (exact) mass is 267 g/mol. The van der Waals surface area contributed by atoms with Crippen molar-refractivity contribution in [3.8, 4) is 21.0 Å². The van der Waals surface area contributed by atoms with Crippen LogP contribution in [0.25, 0.3) is 21.0 Å². The molecule has 0 saturated carbocycles. The number of aryl methyl sites for hydroxylation is 1. The summed E-state index contributed by atoms with van der Waals surface area (Å²) >= 11 is 1.68. The Balaban J connectivity index is 2.05. The molecule has 2 aromatic heterocycles. The number of nitrogen functional groups attached to an aromatic ring is 1. The number of aromatic nitrogens is 2. The molecule has 3 rings (SSSR count). The van der Waals surface area contributed by atoms with Crippen molar-refractivity contribution in [2.75, 3.05) is 5.73 Å². The summed E-state index contributed by atoms with van der Waals surface area (Å²) in [6.45, 7) is 2.03. The summed E-state index contributed by atoms with van der Waals surface area (Å²) in [5, 5.41) is 0.998. The van der Waals surface area contributed by atoms with E-state index >= 15 is 0 Å². The van der Waals surface area contributed by atoms with Gasteiger partial charge in [0.25, 0.3) is 0 Å². The van der Waals surface area contributed by atoms with Crippen molar-refractivity contribution in [2.24, 2.45) is 0 Å². The minimum Gasteiger partial charge on any atom is -0.399 e. The van der Waals surface area contributed by atoms with Gasteiger partial charge in [0.2, 0.25) is 0 Å². The second-order valence-corrected chi connectivity index (χ2v) is 5.30. The molecule has 0 unspecified atom stereocenters. The summed E-state index contributed by atoms with van der Waals surface area (Å²) in [6, 6.07) is 11.8. The maximum atomic E-state index is 5.72. The van der Waals surface area contributed by atoms with E-state index < -0.39 is 0 Å². The van der Waals surface area contributed by atoms with Crippen LogP contribution in [-0.2, 0) is 0 Å². The highest BCUT2D eigenvalue weighted by Gasteiger charge is 2.11. The van der Waals surface area contributed by atoms with Crippen LogP contribution in [0.5, 0.6) is 0 Å². The molecule has 0 saturated heterocycles. The van der Waals surface area contributed by atoms with Gasteiger partial charge >= 0.3 is 0 Å². The lowest BCUT2D eigenvalue weighted by Crippen LogP contribution is -1.83. The highest BCUT2D eigenvalue weighted by Crippen LogP contribution is 2.34. The Kier molecular flexibility index (Phi) is 3.01. The molecule has 0 amide bonds. The molecule has 0 radical (unpaired) electrons. The summed E-state index contributed by atoms with van der Waals surface area (Å²) in [6.07, 6.45) is 3.61. The van der Waals surface area contributed by atoms with Gasteiger partial charge in [-0.3, -0.25) is 4.98 Å². The summed E-state index contributed by atoms with van der Waals surface area (Å²) in [5.74, 6) is 0. The normalized spacial score (nSPS) is 10.6. The Morgan fingerprint density at radius 1 is 1.05 bits per heavy atom. The molecular formula is C15H13N3S. The van der Waals surface area contributed by atoms with E-state index in [-0.39, 0.29) is 0 Å². The lowest BCUT2D eigenvalue weighted by molar-refractivity contribution is 1.25. The van der Waals surface area contributed by atoms with Crippen LogP contribution >= 0.6 is 11.3 Å². The molecule has 1 aromatic carbocycles. The zero-order chi connectivity index (χ0) is 13.2. The van der Waals surface area contributed by atoms with Gasteiger partial charge in [0.1, 0.15) is 5.01 Å². The molecule has 0 aliphatic carbocycles. The maximum absolute atomic E-state index is 5.72. The summed E-state index contributed by atoms with van der Waals surface area (Å²) in [7, 11) is 0. The Labute approximate surface area is 115 Å². The highest BCUT2D eigenvalue weighted by molar-refractivity contribution is 7.18. The Morgan fingerprint density at radius 2 is 1.84 bits per heavy atom. The number of anilines is 1. The number of pyridine rings is 1. The molecule has 4 heteroatoms. The number of nitrogens with zero attached hydrogens (tertiary/aromatic N) is 2. The molecule has 0 fully saturated rings. The number of rotatable bonds is 2. The van der Waals surface area contributed by atoms with Crippen LogP contribution in [0.15, 0.2) is 48.8 Å².